The summed E-state index contributed by atoms with van der Waals surface area (Å²) in [5.41, 5.74) is 6.60. The third-order valence-electron chi connectivity index (χ3n) is 2.69. The van der Waals surface area contributed by atoms with Gasteiger partial charge in [0.2, 0.25) is 0 Å². The van der Waals surface area contributed by atoms with E-state index in [2.05, 4.69) is 0 Å². The molecule has 94 valence electrons. The highest BCUT2D eigenvalue weighted by molar-refractivity contribution is 5.82. The molecule has 17 heavy (non-hydrogen) atoms. The molecule has 2 N–H and O–H groups in total. The van der Waals surface area contributed by atoms with Gasteiger partial charge in [0.25, 0.3) is 0 Å². The topological polar surface area (TPSA) is 52.3 Å². The molecular formula is C14H21NO2. The summed E-state index contributed by atoms with van der Waals surface area (Å²) in [7, 11) is 0. The highest BCUT2D eigenvalue weighted by Crippen LogP contribution is 2.25. The Kier molecular flexibility index (Phi) is 4.16. The van der Waals surface area contributed by atoms with Crippen LogP contribution in [-0.4, -0.2) is 12.6 Å². The standard InChI is InChI=1S/C14H21NO2/c1-10(2)9-17-13(16)14(3,4)11-5-7-12(15)8-6-11/h5-8,10H,9,15H2,1-4H3. The summed E-state index contributed by atoms with van der Waals surface area (Å²) >= 11 is 0. The van der Waals surface area contributed by atoms with Crippen LogP contribution in [0.4, 0.5) is 5.69 Å². The van der Waals surface area contributed by atoms with Crippen LogP contribution in [0, 0.1) is 5.92 Å². The molecule has 0 spiro atoms. The summed E-state index contributed by atoms with van der Waals surface area (Å²) in [4.78, 5) is 12.0. The van der Waals surface area contributed by atoms with Crippen LogP contribution in [0.15, 0.2) is 24.3 Å². The Hall–Kier alpha value is -1.51. The van der Waals surface area contributed by atoms with Crippen molar-refractivity contribution in [3.63, 3.8) is 0 Å². The molecule has 0 aliphatic rings. The lowest BCUT2D eigenvalue weighted by Gasteiger charge is -2.23. The molecule has 0 fully saturated rings. The maximum atomic E-state index is 12.0. The van der Waals surface area contributed by atoms with E-state index in [9.17, 15) is 4.79 Å². The van der Waals surface area contributed by atoms with E-state index in [-0.39, 0.29) is 5.97 Å². The van der Waals surface area contributed by atoms with E-state index in [4.69, 9.17) is 10.5 Å². The molecule has 3 heteroatoms. The summed E-state index contributed by atoms with van der Waals surface area (Å²) in [5.74, 6) is 0.150. The Morgan fingerprint density at radius 1 is 1.29 bits per heavy atom. The zero-order valence-corrected chi connectivity index (χ0v) is 11.0. The molecule has 1 aromatic rings. The van der Waals surface area contributed by atoms with Crippen molar-refractivity contribution >= 4 is 11.7 Å². The van der Waals surface area contributed by atoms with Crippen molar-refractivity contribution in [3.05, 3.63) is 29.8 Å². The lowest BCUT2D eigenvalue weighted by molar-refractivity contribution is -0.150. The van der Waals surface area contributed by atoms with Gasteiger partial charge >= 0.3 is 5.97 Å². The molecule has 0 saturated carbocycles. The van der Waals surface area contributed by atoms with Gasteiger partial charge in [0.05, 0.1) is 12.0 Å². The Balaban J connectivity index is 2.79. The average Bonchev–Trinajstić information content (AvgIpc) is 2.26. The van der Waals surface area contributed by atoms with Gasteiger partial charge in [0.1, 0.15) is 0 Å². The van der Waals surface area contributed by atoms with Crippen LogP contribution in [0.5, 0.6) is 0 Å². The average molecular weight is 235 g/mol. The SMILES string of the molecule is CC(C)COC(=O)C(C)(C)c1ccc(N)cc1. The first-order valence-electron chi connectivity index (χ1n) is 5.87. The summed E-state index contributed by atoms with van der Waals surface area (Å²) in [6.07, 6.45) is 0. The van der Waals surface area contributed by atoms with Crippen molar-refractivity contribution in [3.8, 4) is 0 Å². The molecule has 0 aromatic heterocycles. The molecule has 0 aliphatic carbocycles. The molecule has 0 bridgehead atoms. The van der Waals surface area contributed by atoms with Crippen LogP contribution in [0.25, 0.3) is 0 Å². The number of hydrogen-bond donors (Lipinski definition) is 1. The minimum atomic E-state index is -0.636. The van der Waals surface area contributed by atoms with Crippen LogP contribution in [0.2, 0.25) is 0 Å². The van der Waals surface area contributed by atoms with Crippen LogP contribution >= 0.6 is 0 Å². The van der Waals surface area contributed by atoms with Crippen LogP contribution in [0.1, 0.15) is 33.3 Å². The molecule has 1 aromatic carbocycles. The number of carbonyl (C=O) groups is 1. The number of rotatable bonds is 4. The Morgan fingerprint density at radius 3 is 2.29 bits per heavy atom. The van der Waals surface area contributed by atoms with Crippen molar-refractivity contribution in [2.24, 2.45) is 5.92 Å². The summed E-state index contributed by atoms with van der Waals surface area (Å²) < 4.78 is 5.28. The third-order valence-corrected chi connectivity index (χ3v) is 2.69. The predicted octanol–water partition coefficient (Wildman–Crippen LogP) is 2.75. The molecule has 0 atom stereocenters. The van der Waals surface area contributed by atoms with Gasteiger partial charge in [0, 0.05) is 5.69 Å². The number of hydrogen-bond acceptors (Lipinski definition) is 3. The van der Waals surface area contributed by atoms with Crippen molar-refractivity contribution < 1.29 is 9.53 Å². The number of nitrogen functional groups attached to an aromatic ring is 1. The van der Waals surface area contributed by atoms with E-state index in [1.165, 1.54) is 0 Å². The van der Waals surface area contributed by atoms with Gasteiger partial charge in [-0.3, -0.25) is 4.79 Å². The molecule has 0 aliphatic heterocycles. The minimum absolute atomic E-state index is 0.198. The Labute approximate surface area is 103 Å². The first-order valence-corrected chi connectivity index (χ1v) is 5.87. The zero-order valence-electron chi connectivity index (χ0n) is 11.0. The Bertz CT molecular complexity index is 380. The third kappa shape index (κ3) is 3.48. The fourth-order valence-corrected chi connectivity index (χ4v) is 1.44. The molecule has 3 nitrogen and oxygen atoms in total. The van der Waals surface area contributed by atoms with E-state index in [0.29, 0.717) is 18.2 Å². The number of esters is 1. The largest absolute Gasteiger partial charge is 0.465 e. The molecule has 0 radical (unpaired) electrons. The second-order valence-electron chi connectivity index (χ2n) is 5.24. The fraction of sp³-hybridized carbons (Fsp3) is 0.500. The highest BCUT2D eigenvalue weighted by Gasteiger charge is 2.31. The molecule has 0 unspecified atom stereocenters. The maximum Gasteiger partial charge on any atom is 0.315 e. The molecule has 0 saturated heterocycles. The van der Waals surface area contributed by atoms with Gasteiger partial charge in [-0.25, -0.2) is 0 Å². The lowest BCUT2D eigenvalue weighted by atomic mass is 9.84. The van der Waals surface area contributed by atoms with Crippen LogP contribution in [0.3, 0.4) is 0 Å². The smallest absolute Gasteiger partial charge is 0.315 e. The summed E-state index contributed by atoms with van der Waals surface area (Å²) in [5, 5.41) is 0. The molecular weight excluding hydrogens is 214 g/mol. The minimum Gasteiger partial charge on any atom is -0.465 e. The maximum absolute atomic E-state index is 12.0. The number of ether oxygens (including phenoxy) is 1. The van der Waals surface area contributed by atoms with E-state index >= 15 is 0 Å². The lowest BCUT2D eigenvalue weighted by Crippen LogP contribution is -2.32. The first kappa shape index (κ1) is 13.6. The monoisotopic (exact) mass is 235 g/mol. The Morgan fingerprint density at radius 2 is 1.82 bits per heavy atom. The molecule has 0 amide bonds. The second-order valence-corrected chi connectivity index (χ2v) is 5.24. The van der Waals surface area contributed by atoms with Crippen LogP contribution < -0.4 is 5.73 Å². The van der Waals surface area contributed by atoms with Gasteiger partial charge in [-0.15, -0.1) is 0 Å². The number of carbonyl (C=O) groups excluding carboxylic acids is 1. The van der Waals surface area contributed by atoms with Crippen LogP contribution in [-0.2, 0) is 14.9 Å². The van der Waals surface area contributed by atoms with Gasteiger partial charge < -0.3 is 10.5 Å². The summed E-state index contributed by atoms with van der Waals surface area (Å²) in [6.45, 7) is 8.21. The molecule has 0 heterocycles. The van der Waals surface area contributed by atoms with Crippen molar-refractivity contribution in [1.82, 2.24) is 0 Å². The van der Waals surface area contributed by atoms with E-state index in [1.807, 2.05) is 39.8 Å². The van der Waals surface area contributed by atoms with Gasteiger partial charge in [0.15, 0.2) is 0 Å². The number of nitrogens with two attached hydrogens (primary N) is 1. The quantitative estimate of drug-likeness (QED) is 0.645. The van der Waals surface area contributed by atoms with Crippen molar-refractivity contribution in [2.75, 3.05) is 12.3 Å². The van der Waals surface area contributed by atoms with E-state index < -0.39 is 5.41 Å². The number of benzene rings is 1. The van der Waals surface area contributed by atoms with Gasteiger partial charge in [-0.05, 0) is 37.5 Å². The fourth-order valence-electron chi connectivity index (χ4n) is 1.44. The first-order chi connectivity index (χ1) is 7.84. The molecule has 1 rings (SSSR count). The highest BCUT2D eigenvalue weighted by atomic mass is 16.5. The van der Waals surface area contributed by atoms with E-state index in [0.717, 1.165) is 5.56 Å². The van der Waals surface area contributed by atoms with Gasteiger partial charge in [-0.2, -0.15) is 0 Å². The number of anilines is 1. The van der Waals surface area contributed by atoms with Crippen molar-refractivity contribution in [2.45, 2.75) is 33.1 Å². The zero-order chi connectivity index (χ0) is 13.1. The van der Waals surface area contributed by atoms with E-state index in [1.54, 1.807) is 12.1 Å². The summed E-state index contributed by atoms with van der Waals surface area (Å²) in [6, 6.07) is 7.33. The van der Waals surface area contributed by atoms with Gasteiger partial charge in [-0.1, -0.05) is 26.0 Å². The predicted molar refractivity (Wildman–Crippen MR) is 69.7 cm³/mol. The second kappa shape index (κ2) is 5.21. The normalized spacial score (nSPS) is 11.6. The van der Waals surface area contributed by atoms with Crippen molar-refractivity contribution in [1.29, 1.82) is 0 Å².